The van der Waals surface area contributed by atoms with Crippen LogP contribution in [0.2, 0.25) is 0 Å². The number of aliphatic hydroxyl groups is 1. The second-order valence-electron chi connectivity index (χ2n) is 8.07. The molecule has 1 aromatic carbocycles. The highest BCUT2D eigenvalue weighted by atomic mass is 16.5. The van der Waals surface area contributed by atoms with E-state index in [2.05, 4.69) is 10.1 Å². The summed E-state index contributed by atoms with van der Waals surface area (Å²) in [5, 5.41) is 15.3. The number of amides is 2. The molecule has 4 rings (SSSR count). The van der Waals surface area contributed by atoms with Gasteiger partial charge in [-0.3, -0.25) is 9.59 Å². The number of aryl methyl sites for hydroxylation is 1. The van der Waals surface area contributed by atoms with E-state index in [9.17, 15) is 14.7 Å². The summed E-state index contributed by atoms with van der Waals surface area (Å²) in [5.41, 5.74) is 7.19. The molecule has 8 nitrogen and oxygen atoms in total. The average molecular weight is 420 g/mol. The number of pyridine rings is 1. The third kappa shape index (κ3) is 3.48. The summed E-state index contributed by atoms with van der Waals surface area (Å²) >= 11 is 0. The Morgan fingerprint density at radius 3 is 2.65 bits per heavy atom. The zero-order valence-corrected chi connectivity index (χ0v) is 17.6. The first-order valence-electron chi connectivity index (χ1n) is 10.0. The number of hydrogen-bond donors (Lipinski definition) is 2. The number of likely N-dealkylation sites (N-methyl/N-ethyl adjacent to an activating group) is 1. The van der Waals surface area contributed by atoms with Crippen LogP contribution in [-0.4, -0.2) is 45.6 Å². The van der Waals surface area contributed by atoms with E-state index in [1.54, 1.807) is 26.1 Å². The molecule has 160 valence electrons. The highest BCUT2D eigenvalue weighted by Gasteiger charge is 2.50. The minimum atomic E-state index is -1.75. The maximum atomic E-state index is 12.7. The van der Waals surface area contributed by atoms with Gasteiger partial charge >= 0.3 is 0 Å². The lowest BCUT2D eigenvalue weighted by Gasteiger charge is -2.39. The molecule has 1 saturated heterocycles. The van der Waals surface area contributed by atoms with Gasteiger partial charge in [-0.2, -0.15) is 0 Å². The fourth-order valence-corrected chi connectivity index (χ4v) is 3.92. The van der Waals surface area contributed by atoms with E-state index in [1.165, 1.54) is 4.90 Å². The molecule has 31 heavy (non-hydrogen) atoms. The van der Waals surface area contributed by atoms with Crippen LogP contribution >= 0.6 is 0 Å². The Morgan fingerprint density at radius 2 is 1.94 bits per heavy atom. The molecule has 1 fully saturated rings. The first-order valence-corrected chi connectivity index (χ1v) is 10.0. The van der Waals surface area contributed by atoms with Gasteiger partial charge in [0.2, 0.25) is 5.60 Å². The normalized spacial score (nSPS) is 21.4. The number of hydrogen-bond acceptors (Lipinski definition) is 6. The summed E-state index contributed by atoms with van der Waals surface area (Å²) in [6.07, 6.45) is 0.658. The minimum Gasteiger partial charge on any atom is -0.373 e. The monoisotopic (exact) mass is 420 g/mol. The lowest BCUT2D eigenvalue weighted by Crippen LogP contribution is -2.54. The third-order valence-electron chi connectivity index (χ3n) is 5.95. The molecule has 0 aliphatic carbocycles. The van der Waals surface area contributed by atoms with Gasteiger partial charge in [-0.15, -0.1) is 0 Å². The average Bonchev–Trinajstić information content (AvgIpc) is 3.26. The van der Waals surface area contributed by atoms with E-state index in [4.69, 9.17) is 10.3 Å². The fourth-order valence-electron chi connectivity index (χ4n) is 3.92. The molecule has 3 heterocycles. The van der Waals surface area contributed by atoms with Crippen molar-refractivity contribution in [2.45, 2.75) is 25.9 Å². The Balaban J connectivity index is 1.70. The van der Waals surface area contributed by atoms with Crippen LogP contribution in [0.3, 0.4) is 0 Å². The number of nitrogens with two attached hydrogens (primary N) is 1. The van der Waals surface area contributed by atoms with Gasteiger partial charge in [0, 0.05) is 36.7 Å². The molecule has 2 aromatic heterocycles. The largest absolute Gasteiger partial charge is 0.373 e. The van der Waals surface area contributed by atoms with Crippen molar-refractivity contribution in [3.05, 3.63) is 59.5 Å². The van der Waals surface area contributed by atoms with Gasteiger partial charge in [-0.05, 0) is 31.0 Å². The molecule has 0 bridgehead atoms. The Morgan fingerprint density at radius 1 is 1.23 bits per heavy atom. The molecule has 0 spiro atoms. The number of carbonyl (C=O) groups is 2. The van der Waals surface area contributed by atoms with E-state index in [0.29, 0.717) is 29.9 Å². The fraction of sp³-hybridized carbons (Fsp3) is 0.304. The number of nitrogens with zero attached hydrogens (tertiary/aromatic N) is 3. The van der Waals surface area contributed by atoms with Crippen LogP contribution in [0.4, 0.5) is 0 Å². The molecule has 2 atom stereocenters. The summed E-state index contributed by atoms with van der Waals surface area (Å²) in [5.74, 6) is -1.15. The highest BCUT2D eigenvalue weighted by molar-refractivity contribution is 5.93. The second-order valence-corrected chi connectivity index (χ2v) is 8.07. The van der Waals surface area contributed by atoms with Crippen molar-refractivity contribution < 1.29 is 19.2 Å². The van der Waals surface area contributed by atoms with E-state index in [0.717, 1.165) is 11.1 Å². The summed E-state index contributed by atoms with van der Waals surface area (Å²) in [6, 6.07) is 12.6. The number of aromatic nitrogens is 2. The van der Waals surface area contributed by atoms with E-state index < -0.39 is 17.4 Å². The van der Waals surface area contributed by atoms with Gasteiger partial charge in [0.25, 0.3) is 11.8 Å². The van der Waals surface area contributed by atoms with Crippen molar-refractivity contribution in [3.63, 3.8) is 0 Å². The zero-order valence-electron chi connectivity index (χ0n) is 17.6. The van der Waals surface area contributed by atoms with Crippen LogP contribution in [0.15, 0.2) is 47.0 Å². The predicted octanol–water partition coefficient (Wildman–Crippen LogP) is 2.50. The molecule has 0 saturated carbocycles. The van der Waals surface area contributed by atoms with Gasteiger partial charge in [0.1, 0.15) is 11.4 Å². The molecule has 1 aliphatic rings. The molecule has 3 aromatic rings. The van der Waals surface area contributed by atoms with Crippen LogP contribution in [0.1, 0.15) is 35.2 Å². The molecule has 2 amide bonds. The zero-order chi connectivity index (χ0) is 22.3. The van der Waals surface area contributed by atoms with Crippen LogP contribution in [-0.2, 0) is 10.4 Å². The first kappa shape index (κ1) is 20.7. The molecular weight excluding hydrogens is 396 g/mol. The number of likely N-dealkylation sites (tertiary alicyclic amines) is 1. The summed E-state index contributed by atoms with van der Waals surface area (Å²) < 4.78 is 5.44. The summed E-state index contributed by atoms with van der Waals surface area (Å²) in [6.45, 7) is 4.19. The van der Waals surface area contributed by atoms with Crippen molar-refractivity contribution in [2.24, 2.45) is 11.7 Å². The highest BCUT2D eigenvalue weighted by Crippen LogP contribution is 2.38. The quantitative estimate of drug-likeness (QED) is 0.669. The molecular formula is C23H24N4O4. The molecule has 8 heteroatoms. The van der Waals surface area contributed by atoms with E-state index >= 15 is 0 Å². The van der Waals surface area contributed by atoms with E-state index in [-0.39, 0.29) is 17.4 Å². The van der Waals surface area contributed by atoms with Crippen molar-refractivity contribution in [1.82, 2.24) is 15.0 Å². The first-order chi connectivity index (χ1) is 14.7. The number of rotatable bonds is 4. The molecule has 1 aliphatic heterocycles. The Kier molecular flexibility index (Phi) is 5.10. The molecule has 1 unspecified atom stereocenters. The lowest BCUT2D eigenvalue weighted by atomic mass is 9.80. The maximum absolute atomic E-state index is 12.7. The predicted molar refractivity (Wildman–Crippen MR) is 114 cm³/mol. The standard InChI is InChI=1S/C23H24N4O4/c1-13-7-8-17(25-20(13)21(24)28)15-5-4-6-16(11-15)18-12-19(31-26-18)23(30)14(2)9-10-27(3)22(23)29/h4-8,11-12,14,30H,9-10H2,1-3H3,(H2,24,28)/t14-,23?/m0/s1. The van der Waals surface area contributed by atoms with Gasteiger partial charge in [0.15, 0.2) is 5.76 Å². The van der Waals surface area contributed by atoms with Gasteiger partial charge in [0.05, 0.1) is 5.69 Å². The van der Waals surface area contributed by atoms with Crippen molar-refractivity contribution in [3.8, 4) is 22.5 Å². The van der Waals surface area contributed by atoms with Crippen LogP contribution in [0.5, 0.6) is 0 Å². The number of primary amides is 1. The number of benzene rings is 1. The third-order valence-corrected chi connectivity index (χ3v) is 5.95. The molecule has 3 N–H and O–H groups in total. The topological polar surface area (TPSA) is 123 Å². The van der Waals surface area contributed by atoms with Crippen molar-refractivity contribution in [2.75, 3.05) is 13.6 Å². The Labute approximate surface area is 179 Å². The van der Waals surface area contributed by atoms with Crippen molar-refractivity contribution in [1.29, 1.82) is 0 Å². The smallest absolute Gasteiger partial charge is 0.267 e. The Hall–Kier alpha value is -3.52. The van der Waals surface area contributed by atoms with Crippen molar-refractivity contribution >= 4 is 11.8 Å². The maximum Gasteiger partial charge on any atom is 0.267 e. The number of piperidine rings is 1. The second kappa shape index (κ2) is 7.63. The van der Waals surface area contributed by atoms with Gasteiger partial charge in [-0.1, -0.05) is 36.3 Å². The number of carbonyl (C=O) groups excluding carboxylic acids is 2. The van der Waals surface area contributed by atoms with Gasteiger partial charge < -0.3 is 20.3 Å². The minimum absolute atomic E-state index is 0.126. The SMILES string of the molecule is Cc1ccc(-c2cccc(-c3cc(C4(O)C(=O)N(C)CC[C@@H]4C)on3)c2)nc1C(N)=O. The lowest BCUT2D eigenvalue weighted by molar-refractivity contribution is -0.167. The van der Waals surface area contributed by atoms with Crippen LogP contribution in [0, 0.1) is 12.8 Å². The summed E-state index contributed by atoms with van der Waals surface area (Å²) in [7, 11) is 1.66. The summed E-state index contributed by atoms with van der Waals surface area (Å²) in [4.78, 5) is 30.2. The van der Waals surface area contributed by atoms with Gasteiger partial charge in [-0.25, -0.2) is 4.98 Å². The van der Waals surface area contributed by atoms with E-state index in [1.807, 2.05) is 37.3 Å². The Bertz CT molecular complexity index is 1170. The molecule has 0 radical (unpaired) electrons. The van der Waals surface area contributed by atoms with Crippen LogP contribution < -0.4 is 5.73 Å². The van der Waals surface area contributed by atoms with Crippen LogP contribution in [0.25, 0.3) is 22.5 Å².